The first-order valence-corrected chi connectivity index (χ1v) is 11.4. The van der Waals surface area contributed by atoms with Crippen LogP contribution in [0.5, 0.6) is 5.75 Å². The molecule has 1 amide bonds. The highest BCUT2D eigenvalue weighted by Crippen LogP contribution is 2.30. The van der Waals surface area contributed by atoms with Gasteiger partial charge in [-0.15, -0.1) is 0 Å². The molecular weight excluding hydrogens is 412 g/mol. The van der Waals surface area contributed by atoms with Crippen LogP contribution in [0.3, 0.4) is 0 Å². The van der Waals surface area contributed by atoms with E-state index in [1.807, 2.05) is 30.3 Å². The molecule has 0 bridgehead atoms. The minimum absolute atomic E-state index is 0.0464. The number of hydrogen-bond acceptors (Lipinski definition) is 4. The standard InChI is InChI=1S/C21H25ClN2O4S/c1-28-19-11-10-18(22)14-20(19)29(26,27)24(15-17-8-4-2-5-9-17)16-21(25)23-12-6-3-7-13-23/h2,4-5,8-11,14H,3,6-7,12-13,15-16H2,1H3. The highest BCUT2D eigenvalue weighted by molar-refractivity contribution is 7.89. The summed E-state index contributed by atoms with van der Waals surface area (Å²) in [7, 11) is -2.62. The molecule has 1 heterocycles. The molecule has 1 aliphatic rings. The molecule has 0 atom stereocenters. The predicted octanol–water partition coefficient (Wildman–Crippen LogP) is 3.55. The molecule has 1 fully saturated rings. The monoisotopic (exact) mass is 436 g/mol. The second kappa shape index (κ2) is 9.61. The van der Waals surface area contributed by atoms with E-state index in [0.717, 1.165) is 24.8 Å². The number of rotatable bonds is 7. The third-order valence-electron chi connectivity index (χ3n) is 4.97. The number of methoxy groups -OCH3 is 1. The van der Waals surface area contributed by atoms with Crippen LogP contribution in [-0.2, 0) is 21.4 Å². The highest BCUT2D eigenvalue weighted by Gasteiger charge is 2.31. The van der Waals surface area contributed by atoms with Crippen LogP contribution in [-0.4, -0.2) is 50.3 Å². The van der Waals surface area contributed by atoms with Crippen LogP contribution < -0.4 is 4.74 Å². The molecule has 0 unspecified atom stereocenters. The van der Waals surface area contributed by atoms with E-state index < -0.39 is 10.0 Å². The largest absolute Gasteiger partial charge is 0.495 e. The summed E-state index contributed by atoms with van der Waals surface area (Å²) in [6.07, 6.45) is 2.98. The van der Waals surface area contributed by atoms with Crippen molar-refractivity contribution < 1.29 is 17.9 Å². The normalized spacial score (nSPS) is 14.8. The van der Waals surface area contributed by atoms with Crippen molar-refractivity contribution in [3.05, 3.63) is 59.1 Å². The fraction of sp³-hybridized carbons (Fsp3) is 0.381. The molecule has 8 heteroatoms. The Kier molecular flexibility index (Phi) is 7.16. The lowest BCUT2D eigenvalue weighted by Gasteiger charge is -2.30. The number of hydrogen-bond donors (Lipinski definition) is 0. The minimum atomic E-state index is -4.02. The lowest BCUT2D eigenvalue weighted by Crippen LogP contribution is -2.44. The van der Waals surface area contributed by atoms with Gasteiger partial charge in [0.15, 0.2) is 0 Å². The zero-order valence-corrected chi connectivity index (χ0v) is 18.0. The molecule has 1 aliphatic heterocycles. The summed E-state index contributed by atoms with van der Waals surface area (Å²) in [5.74, 6) is 0.00286. The number of carbonyl (C=O) groups is 1. The lowest BCUT2D eigenvalue weighted by molar-refractivity contribution is -0.132. The Morgan fingerprint density at radius 1 is 1.10 bits per heavy atom. The van der Waals surface area contributed by atoms with Crippen molar-refractivity contribution in [2.24, 2.45) is 0 Å². The number of nitrogens with zero attached hydrogens (tertiary/aromatic N) is 2. The Labute approximate surface area is 177 Å². The topological polar surface area (TPSA) is 66.9 Å². The van der Waals surface area contributed by atoms with Gasteiger partial charge in [0.2, 0.25) is 15.9 Å². The molecule has 0 saturated carbocycles. The third-order valence-corrected chi connectivity index (χ3v) is 7.01. The molecule has 0 radical (unpaired) electrons. The van der Waals surface area contributed by atoms with E-state index >= 15 is 0 Å². The molecule has 0 spiro atoms. The molecule has 0 aromatic heterocycles. The molecule has 3 rings (SSSR count). The van der Waals surface area contributed by atoms with Crippen molar-refractivity contribution >= 4 is 27.5 Å². The Hall–Kier alpha value is -2.09. The van der Waals surface area contributed by atoms with Crippen LogP contribution in [0.25, 0.3) is 0 Å². The molecule has 0 aliphatic carbocycles. The minimum Gasteiger partial charge on any atom is -0.495 e. The van der Waals surface area contributed by atoms with Crippen LogP contribution in [0, 0.1) is 0 Å². The van der Waals surface area contributed by atoms with Crippen LogP contribution >= 0.6 is 11.6 Å². The van der Waals surface area contributed by atoms with Gasteiger partial charge >= 0.3 is 0 Å². The van der Waals surface area contributed by atoms with Crippen LogP contribution in [0.2, 0.25) is 5.02 Å². The van der Waals surface area contributed by atoms with Crippen molar-refractivity contribution in [2.75, 3.05) is 26.7 Å². The number of carbonyl (C=O) groups excluding carboxylic acids is 1. The Bertz CT molecular complexity index is 944. The van der Waals surface area contributed by atoms with E-state index in [2.05, 4.69) is 0 Å². The van der Waals surface area contributed by atoms with Crippen LogP contribution in [0.15, 0.2) is 53.4 Å². The number of ether oxygens (including phenoxy) is 1. The van der Waals surface area contributed by atoms with E-state index in [4.69, 9.17) is 16.3 Å². The number of likely N-dealkylation sites (tertiary alicyclic amines) is 1. The van der Waals surface area contributed by atoms with E-state index in [1.165, 1.54) is 23.5 Å². The highest BCUT2D eigenvalue weighted by atomic mass is 35.5. The van der Waals surface area contributed by atoms with Crippen molar-refractivity contribution in [2.45, 2.75) is 30.7 Å². The van der Waals surface area contributed by atoms with E-state index in [1.54, 1.807) is 11.0 Å². The summed E-state index contributed by atoms with van der Waals surface area (Å²) in [5, 5.41) is 0.284. The number of sulfonamides is 1. The van der Waals surface area contributed by atoms with Gasteiger partial charge in [-0.3, -0.25) is 4.79 Å². The summed E-state index contributed by atoms with van der Waals surface area (Å²) in [4.78, 5) is 14.6. The average Bonchev–Trinajstić information content (AvgIpc) is 2.74. The van der Waals surface area contributed by atoms with Crippen molar-refractivity contribution in [1.82, 2.24) is 9.21 Å². The zero-order chi connectivity index (χ0) is 20.9. The maximum Gasteiger partial charge on any atom is 0.247 e. The first kappa shape index (κ1) is 21.6. The van der Waals surface area contributed by atoms with Crippen molar-refractivity contribution in [3.8, 4) is 5.75 Å². The van der Waals surface area contributed by atoms with Gasteiger partial charge in [-0.25, -0.2) is 8.42 Å². The van der Waals surface area contributed by atoms with Crippen LogP contribution in [0.4, 0.5) is 0 Å². The van der Waals surface area contributed by atoms with Crippen LogP contribution in [0.1, 0.15) is 24.8 Å². The Balaban J connectivity index is 1.95. The molecule has 0 N–H and O–H groups in total. The molecule has 2 aromatic rings. The first-order valence-electron chi connectivity index (χ1n) is 9.57. The van der Waals surface area contributed by atoms with Gasteiger partial charge in [-0.2, -0.15) is 4.31 Å². The van der Waals surface area contributed by atoms with E-state index in [9.17, 15) is 13.2 Å². The van der Waals surface area contributed by atoms with Crippen molar-refractivity contribution in [1.29, 1.82) is 0 Å². The summed E-state index contributed by atoms with van der Waals surface area (Å²) < 4.78 is 33.5. The predicted molar refractivity (Wildman–Crippen MR) is 112 cm³/mol. The summed E-state index contributed by atoms with van der Waals surface area (Å²) in [6, 6.07) is 13.7. The number of halogens is 1. The summed E-state index contributed by atoms with van der Waals surface area (Å²) in [6.45, 7) is 1.18. The fourth-order valence-corrected chi connectivity index (χ4v) is 5.19. The van der Waals surface area contributed by atoms with Gasteiger partial charge in [0, 0.05) is 24.7 Å². The Morgan fingerprint density at radius 2 is 1.79 bits per heavy atom. The van der Waals surface area contributed by atoms with Gasteiger partial charge < -0.3 is 9.64 Å². The van der Waals surface area contributed by atoms with Gasteiger partial charge in [-0.1, -0.05) is 41.9 Å². The second-order valence-corrected chi connectivity index (χ2v) is 9.34. The number of amides is 1. The fourth-order valence-electron chi connectivity index (χ4n) is 3.40. The quantitative estimate of drug-likeness (QED) is 0.665. The molecule has 1 saturated heterocycles. The van der Waals surface area contributed by atoms with Gasteiger partial charge in [-0.05, 0) is 43.0 Å². The molecule has 156 valence electrons. The molecule has 6 nitrogen and oxygen atoms in total. The van der Waals surface area contributed by atoms with E-state index in [0.29, 0.717) is 13.1 Å². The average molecular weight is 437 g/mol. The number of benzene rings is 2. The summed E-state index contributed by atoms with van der Waals surface area (Å²) in [5.41, 5.74) is 0.795. The summed E-state index contributed by atoms with van der Waals surface area (Å²) >= 11 is 6.06. The smallest absolute Gasteiger partial charge is 0.247 e. The molecule has 2 aromatic carbocycles. The Morgan fingerprint density at radius 3 is 2.45 bits per heavy atom. The van der Waals surface area contributed by atoms with Gasteiger partial charge in [0.05, 0.1) is 13.7 Å². The second-order valence-electron chi connectivity index (χ2n) is 7.00. The maximum atomic E-state index is 13.5. The number of piperidine rings is 1. The SMILES string of the molecule is COc1ccc(Cl)cc1S(=O)(=O)N(CC(=O)N1CCCCC1)Cc1ccccc1. The molecule has 29 heavy (non-hydrogen) atoms. The zero-order valence-electron chi connectivity index (χ0n) is 16.4. The van der Waals surface area contributed by atoms with E-state index in [-0.39, 0.29) is 34.7 Å². The first-order chi connectivity index (χ1) is 13.9. The molecular formula is C21H25ClN2O4S. The maximum absolute atomic E-state index is 13.5. The third kappa shape index (κ3) is 5.29. The van der Waals surface area contributed by atoms with Gasteiger partial charge in [0.1, 0.15) is 10.6 Å². The van der Waals surface area contributed by atoms with Gasteiger partial charge in [0.25, 0.3) is 0 Å². The lowest BCUT2D eigenvalue weighted by atomic mass is 10.1. The van der Waals surface area contributed by atoms with Crippen molar-refractivity contribution in [3.63, 3.8) is 0 Å².